The topological polar surface area (TPSA) is 78.9 Å². The summed E-state index contributed by atoms with van der Waals surface area (Å²) in [7, 11) is 0. The van der Waals surface area contributed by atoms with Crippen LogP contribution in [0.25, 0.3) is 0 Å². The van der Waals surface area contributed by atoms with Crippen LogP contribution in [-0.4, -0.2) is 37.2 Å². The van der Waals surface area contributed by atoms with E-state index in [9.17, 15) is 14.4 Å². The minimum Gasteiger partial charge on any atom is -0.462 e. The molecular weight excluding hydrogens is 841 g/mol. The second-order valence-electron chi connectivity index (χ2n) is 17.0. The van der Waals surface area contributed by atoms with Crippen molar-refractivity contribution < 1.29 is 28.6 Å². The lowest BCUT2D eigenvalue weighted by Crippen LogP contribution is -2.30. The Bertz CT molecular complexity index is 1590. The van der Waals surface area contributed by atoms with Gasteiger partial charge in [-0.15, -0.1) is 0 Å². The van der Waals surface area contributed by atoms with E-state index in [4.69, 9.17) is 14.2 Å². The van der Waals surface area contributed by atoms with E-state index in [0.29, 0.717) is 19.3 Å². The molecule has 1 unspecified atom stereocenters. The quantitative estimate of drug-likeness (QED) is 0.0262. The first-order chi connectivity index (χ1) is 33.5. The summed E-state index contributed by atoms with van der Waals surface area (Å²) >= 11 is 0. The standard InChI is InChI=1S/C62H94O6/c1-4-7-10-13-16-19-22-25-28-30-31-32-35-37-40-43-46-49-52-55-61(64)67-58-59(57-66-60(63)54-51-48-45-42-39-36-33-27-24-21-18-15-12-9-6-3)68-62(65)56-53-50-47-44-41-38-34-29-26-23-20-17-14-11-8-5-2/h7,9-10,12-13,15-16,18-19,21-22,24-25,27-35,37-38,40-41,59H,4-6,8,11,14,17,20,23,26,36,39,42-58H2,1-3H3/b10-7-,12-9-,16-13-,18-15-,22-19-,24-21-,28-25-,31-30+,33-27-,34-29-,35-32-,40-37-,41-38-. The summed E-state index contributed by atoms with van der Waals surface area (Å²) in [6, 6.07) is 0. The van der Waals surface area contributed by atoms with Crippen molar-refractivity contribution in [2.45, 2.75) is 200 Å². The van der Waals surface area contributed by atoms with Crippen LogP contribution >= 0.6 is 0 Å². The molecule has 0 radical (unpaired) electrons. The van der Waals surface area contributed by atoms with Gasteiger partial charge in [-0.05, 0) is 83.5 Å². The van der Waals surface area contributed by atoms with Crippen LogP contribution in [0, 0.1) is 0 Å². The number of ether oxygens (including phenoxy) is 3. The molecule has 0 spiro atoms. The molecule has 0 aliphatic heterocycles. The van der Waals surface area contributed by atoms with Gasteiger partial charge < -0.3 is 14.2 Å². The van der Waals surface area contributed by atoms with E-state index in [2.05, 4.69) is 81.5 Å². The summed E-state index contributed by atoms with van der Waals surface area (Å²) in [5.41, 5.74) is 0. The molecule has 1 atom stereocenters. The van der Waals surface area contributed by atoms with Crippen molar-refractivity contribution in [3.63, 3.8) is 0 Å². The molecule has 0 rings (SSSR count). The fourth-order valence-corrected chi connectivity index (χ4v) is 6.60. The number of hydrogen-bond donors (Lipinski definition) is 0. The number of hydrogen-bond acceptors (Lipinski definition) is 6. The molecule has 0 aromatic heterocycles. The Kier molecular flexibility index (Phi) is 50.6. The summed E-state index contributed by atoms with van der Waals surface area (Å²) < 4.78 is 16.7. The normalized spacial score (nSPS) is 13.4. The number of unbranched alkanes of at least 4 members (excludes halogenated alkanes) is 18. The Balaban J connectivity index is 4.62. The predicted octanol–water partition coefficient (Wildman–Crippen LogP) is 17.8. The second-order valence-corrected chi connectivity index (χ2v) is 17.0. The molecule has 0 aromatic rings. The lowest BCUT2D eigenvalue weighted by atomic mass is 10.1. The lowest BCUT2D eigenvalue weighted by molar-refractivity contribution is -0.167. The zero-order valence-corrected chi connectivity index (χ0v) is 43.0. The Morgan fingerprint density at radius 1 is 0.309 bits per heavy atom. The molecule has 6 nitrogen and oxygen atoms in total. The number of esters is 3. The zero-order chi connectivity index (χ0) is 49.3. The monoisotopic (exact) mass is 935 g/mol. The van der Waals surface area contributed by atoms with Gasteiger partial charge in [0.05, 0.1) is 0 Å². The van der Waals surface area contributed by atoms with Crippen molar-refractivity contribution in [2.24, 2.45) is 0 Å². The molecule has 0 aromatic carbocycles. The van der Waals surface area contributed by atoms with E-state index in [1.54, 1.807) is 0 Å². The van der Waals surface area contributed by atoms with Crippen LogP contribution in [0.1, 0.15) is 194 Å². The molecule has 0 aliphatic carbocycles. The summed E-state index contributed by atoms with van der Waals surface area (Å²) in [4.78, 5) is 38.1. The first-order valence-electron chi connectivity index (χ1n) is 26.7. The molecule has 0 saturated carbocycles. The van der Waals surface area contributed by atoms with Crippen LogP contribution in [0.2, 0.25) is 0 Å². The highest BCUT2D eigenvalue weighted by Gasteiger charge is 2.19. The van der Waals surface area contributed by atoms with Crippen molar-refractivity contribution in [2.75, 3.05) is 13.2 Å². The van der Waals surface area contributed by atoms with Crippen LogP contribution in [0.15, 0.2) is 158 Å². The first kappa shape index (κ1) is 63.0. The maximum atomic E-state index is 12.8. The van der Waals surface area contributed by atoms with Gasteiger partial charge in [0.15, 0.2) is 6.10 Å². The van der Waals surface area contributed by atoms with E-state index >= 15 is 0 Å². The van der Waals surface area contributed by atoms with E-state index < -0.39 is 6.10 Å². The van der Waals surface area contributed by atoms with Crippen LogP contribution in [0.3, 0.4) is 0 Å². The highest BCUT2D eigenvalue weighted by molar-refractivity contribution is 5.71. The number of rotatable bonds is 45. The Morgan fingerprint density at radius 2 is 0.574 bits per heavy atom. The minimum absolute atomic E-state index is 0.124. The van der Waals surface area contributed by atoms with Crippen molar-refractivity contribution in [3.05, 3.63) is 158 Å². The molecule has 0 N–H and O–H groups in total. The van der Waals surface area contributed by atoms with Gasteiger partial charge in [-0.25, -0.2) is 0 Å². The zero-order valence-electron chi connectivity index (χ0n) is 43.0. The Hall–Kier alpha value is -4.97. The summed E-state index contributed by atoms with van der Waals surface area (Å²) in [6.45, 7) is 6.24. The molecule has 0 heterocycles. The largest absolute Gasteiger partial charge is 0.462 e. The summed E-state index contributed by atoms with van der Waals surface area (Å²) in [5.74, 6) is -1.03. The maximum Gasteiger partial charge on any atom is 0.306 e. The maximum absolute atomic E-state index is 12.8. The molecular formula is C62H94O6. The molecule has 0 amide bonds. The minimum atomic E-state index is -0.829. The van der Waals surface area contributed by atoms with Crippen LogP contribution in [0.4, 0.5) is 0 Å². The van der Waals surface area contributed by atoms with Crippen LogP contribution in [-0.2, 0) is 28.6 Å². The van der Waals surface area contributed by atoms with E-state index in [0.717, 1.165) is 96.3 Å². The van der Waals surface area contributed by atoms with Crippen molar-refractivity contribution in [1.82, 2.24) is 0 Å². The summed E-state index contributed by atoms with van der Waals surface area (Å²) in [5, 5.41) is 0. The van der Waals surface area contributed by atoms with Gasteiger partial charge >= 0.3 is 17.9 Å². The summed E-state index contributed by atoms with van der Waals surface area (Å²) in [6.07, 6.45) is 79.3. The molecule has 0 saturated heterocycles. The average molecular weight is 935 g/mol. The highest BCUT2D eigenvalue weighted by Crippen LogP contribution is 2.12. The smallest absolute Gasteiger partial charge is 0.306 e. The van der Waals surface area contributed by atoms with Gasteiger partial charge in [0.25, 0.3) is 0 Å². The van der Waals surface area contributed by atoms with Crippen LogP contribution in [0.5, 0.6) is 0 Å². The third-order valence-electron chi connectivity index (χ3n) is 10.6. The Labute approximate surface area is 416 Å². The average Bonchev–Trinajstić information content (AvgIpc) is 3.34. The van der Waals surface area contributed by atoms with E-state index in [1.165, 1.54) is 44.9 Å². The van der Waals surface area contributed by atoms with E-state index in [-0.39, 0.29) is 44.0 Å². The number of carbonyl (C=O) groups is 3. The predicted molar refractivity (Wildman–Crippen MR) is 292 cm³/mol. The van der Waals surface area contributed by atoms with Crippen molar-refractivity contribution in [3.8, 4) is 0 Å². The van der Waals surface area contributed by atoms with Gasteiger partial charge in [0, 0.05) is 19.3 Å². The molecule has 0 bridgehead atoms. The van der Waals surface area contributed by atoms with Gasteiger partial charge in [-0.2, -0.15) is 0 Å². The second kappa shape index (κ2) is 54.6. The third kappa shape index (κ3) is 52.0. The number of allylic oxidation sites excluding steroid dienone is 26. The third-order valence-corrected chi connectivity index (χ3v) is 10.6. The van der Waals surface area contributed by atoms with Crippen molar-refractivity contribution in [1.29, 1.82) is 0 Å². The molecule has 6 heteroatoms. The highest BCUT2D eigenvalue weighted by atomic mass is 16.6. The fraction of sp³-hybridized carbons (Fsp3) is 0.532. The fourth-order valence-electron chi connectivity index (χ4n) is 6.60. The van der Waals surface area contributed by atoms with Gasteiger partial charge in [-0.3, -0.25) is 14.4 Å². The van der Waals surface area contributed by atoms with Crippen LogP contribution < -0.4 is 0 Å². The van der Waals surface area contributed by atoms with Crippen molar-refractivity contribution >= 4 is 17.9 Å². The molecule has 378 valence electrons. The Morgan fingerprint density at radius 3 is 0.926 bits per heavy atom. The molecule has 68 heavy (non-hydrogen) atoms. The van der Waals surface area contributed by atoms with E-state index in [1.807, 2.05) is 97.2 Å². The van der Waals surface area contributed by atoms with Gasteiger partial charge in [0.1, 0.15) is 13.2 Å². The lowest BCUT2D eigenvalue weighted by Gasteiger charge is -2.18. The van der Waals surface area contributed by atoms with Gasteiger partial charge in [-0.1, -0.05) is 249 Å². The SMILES string of the molecule is CC\C=C/C=C\C=C/C=C\C=C\C=C/C=C\CCCCCC(=O)OCC(COC(=O)CCCCCCC\C=C/C=C\C=C/C=C\CC)OC(=O)CCCCC/C=C\C=C/CCCCCCCCC. The number of carbonyl (C=O) groups excluding carboxylic acids is 3. The first-order valence-corrected chi connectivity index (χ1v) is 26.7. The van der Waals surface area contributed by atoms with Gasteiger partial charge in [0.2, 0.25) is 0 Å². The molecule has 0 aliphatic rings. The molecule has 0 fully saturated rings.